The number of rotatable bonds is 1. The van der Waals surface area contributed by atoms with Gasteiger partial charge in [0, 0.05) is 18.5 Å². The fourth-order valence-corrected chi connectivity index (χ4v) is 2.57. The number of carbonyl (C=O) groups excluding carboxylic acids is 1. The molecular weight excluding hydrogens is 171 g/mol. The van der Waals surface area contributed by atoms with Crippen LogP contribution in [0, 0.1) is 0 Å². The molecule has 1 atom stereocenters. The molecule has 3 N–H and O–H groups in total. The van der Waals surface area contributed by atoms with Crippen molar-refractivity contribution in [2.24, 2.45) is 5.73 Å². The molecule has 1 heterocycles. The van der Waals surface area contributed by atoms with E-state index < -0.39 is 11.6 Å². The van der Waals surface area contributed by atoms with Gasteiger partial charge < -0.3 is 11.1 Å². The minimum Gasteiger partial charge on any atom is -0.367 e. The van der Waals surface area contributed by atoms with Crippen molar-refractivity contribution in [1.82, 2.24) is 5.32 Å². The van der Waals surface area contributed by atoms with Gasteiger partial charge >= 0.3 is 0 Å². The van der Waals surface area contributed by atoms with Gasteiger partial charge in [-0.2, -0.15) is 0 Å². The summed E-state index contributed by atoms with van der Waals surface area (Å²) >= 11 is 0. The van der Waals surface area contributed by atoms with E-state index in [0.717, 1.165) is 25.7 Å². The Morgan fingerprint density at radius 3 is 2.46 bits per heavy atom. The molecule has 4 heteroatoms. The Morgan fingerprint density at radius 1 is 1.38 bits per heavy atom. The summed E-state index contributed by atoms with van der Waals surface area (Å²) in [5.74, 6) is -0.816. The second-order valence-electron chi connectivity index (χ2n) is 4.35. The van der Waals surface area contributed by atoms with Crippen LogP contribution >= 0.6 is 0 Å². The number of nitrogens with one attached hydrogen (secondary N) is 1. The zero-order valence-electron chi connectivity index (χ0n) is 7.61. The Hall–Kier alpha value is -0.640. The number of primary amides is 1. The van der Waals surface area contributed by atoms with E-state index in [-0.39, 0.29) is 18.5 Å². The monoisotopic (exact) mass is 186 g/mol. The third-order valence-corrected chi connectivity index (χ3v) is 3.36. The minimum absolute atomic E-state index is 0.0995. The van der Waals surface area contributed by atoms with Crippen molar-refractivity contribution >= 4 is 5.91 Å². The van der Waals surface area contributed by atoms with Gasteiger partial charge in [-0.3, -0.25) is 4.79 Å². The summed E-state index contributed by atoms with van der Waals surface area (Å²) < 4.78 is 13.8. The molecule has 2 fully saturated rings. The van der Waals surface area contributed by atoms with Crippen molar-refractivity contribution in [3.8, 4) is 0 Å². The highest BCUT2D eigenvalue weighted by molar-refractivity contribution is 5.84. The summed E-state index contributed by atoms with van der Waals surface area (Å²) in [6.45, 7) is 0.0995. The molecule has 0 radical (unpaired) electrons. The topological polar surface area (TPSA) is 55.1 Å². The Morgan fingerprint density at radius 2 is 2.00 bits per heavy atom. The molecule has 13 heavy (non-hydrogen) atoms. The van der Waals surface area contributed by atoms with Gasteiger partial charge in [-0.15, -0.1) is 0 Å². The van der Waals surface area contributed by atoms with Crippen LogP contribution in [0.5, 0.6) is 0 Å². The zero-order valence-corrected chi connectivity index (χ0v) is 7.61. The van der Waals surface area contributed by atoms with Gasteiger partial charge in [-0.1, -0.05) is 12.8 Å². The average molecular weight is 186 g/mol. The van der Waals surface area contributed by atoms with Crippen molar-refractivity contribution in [1.29, 1.82) is 0 Å². The molecule has 1 saturated carbocycles. The number of halogens is 1. The molecule has 0 bridgehead atoms. The molecule has 0 aromatic heterocycles. The number of nitrogens with two attached hydrogens (primary N) is 1. The zero-order chi connectivity index (χ0) is 9.53. The molecule has 1 aliphatic carbocycles. The largest absolute Gasteiger partial charge is 0.367 e. The fourth-order valence-electron chi connectivity index (χ4n) is 2.57. The number of amides is 1. The van der Waals surface area contributed by atoms with Crippen LogP contribution < -0.4 is 11.1 Å². The molecule has 2 aliphatic rings. The number of hydrogen-bond acceptors (Lipinski definition) is 2. The first-order chi connectivity index (χ1) is 6.06. The SMILES string of the molecule is NC(=O)C1(F)CNC2(CCCC2)C1. The van der Waals surface area contributed by atoms with Crippen LogP contribution in [0.2, 0.25) is 0 Å². The molecule has 1 amide bonds. The van der Waals surface area contributed by atoms with Gasteiger partial charge in [-0.05, 0) is 12.8 Å². The first kappa shape index (κ1) is 8.94. The Bertz CT molecular complexity index is 238. The normalized spacial score (nSPS) is 37.0. The van der Waals surface area contributed by atoms with Gasteiger partial charge in [-0.25, -0.2) is 4.39 Å². The van der Waals surface area contributed by atoms with Crippen molar-refractivity contribution in [3.63, 3.8) is 0 Å². The molecule has 0 aromatic carbocycles. The van der Waals surface area contributed by atoms with Gasteiger partial charge in [0.15, 0.2) is 0 Å². The van der Waals surface area contributed by atoms with Crippen molar-refractivity contribution in [2.75, 3.05) is 6.54 Å². The molecule has 1 unspecified atom stereocenters. The maximum atomic E-state index is 13.8. The Labute approximate surface area is 76.9 Å². The first-order valence-electron chi connectivity index (χ1n) is 4.80. The van der Waals surface area contributed by atoms with Gasteiger partial charge in [0.25, 0.3) is 5.91 Å². The van der Waals surface area contributed by atoms with E-state index in [1.165, 1.54) is 0 Å². The summed E-state index contributed by atoms with van der Waals surface area (Å²) in [4.78, 5) is 10.9. The second-order valence-corrected chi connectivity index (χ2v) is 4.35. The predicted octanol–water partition coefficient (Wildman–Crippen LogP) is 0.486. The third-order valence-electron chi connectivity index (χ3n) is 3.36. The van der Waals surface area contributed by atoms with Crippen molar-refractivity contribution < 1.29 is 9.18 Å². The highest BCUT2D eigenvalue weighted by atomic mass is 19.1. The molecule has 1 saturated heterocycles. The lowest BCUT2D eigenvalue weighted by Gasteiger charge is -2.23. The van der Waals surface area contributed by atoms with E-state index in [9.17, 15) is 9.18 Å². The Balaban J connectivity index is 2.12. The second kappa shape index (κ2) is 2.67. The van der Waals surface area contributed by atoms with Crippen LogP contribution in [0.1, 0.15) is 32.1 Å². The first-order valence-corrected chi connectivity index (χ1v) is 4.80. The summed E-state index contributed by atoms with van der Waals surface area (Å²) in [5.41, 5.74) is 3.11. The smallest absolute Gasteiger partial charge is 0.256 e. The van der Waals surface area contributed by atoms with Crippen LogP contribution in [-0.2, 0) is 4.79 Å². The van der Waals surface area contributed by atoms with Crippen molar-refractivity contribution in [3.05, 3.63) is 0 Å². The van der Waals surface area contributed by atoms with Gasteiger partial charge in [0.05, 0.1) is 0 Å². The van der Waals surface area contributed by atoms with Crippen LogP contribution in [0.25, 0.3) is 0 Å². The highest BCUT2D eigenvalue weighted by Crippen LogP contribution is 2.41. The highest BCUT2D eigenvalue weighted by Gasteiger charge is 2.52. The third kappa shape index (κ3) is 1.33. The number of hydrogen-bond donors (Lipinski definition) is 2. The Kier molecular flexibility index (Phi) is 1.84. The molecular formula is C9H15FN2O. The average Bonchev–Trinajstić information content (AvgIpc) is 2.62. The lowest BCUT2D eigenvalue weighted by atomic mass is 9.89. The fraction of sp³-hybridized carbons (Fsp3) is 0.889. The van der Waals surface area contributed by atoms with E-state index >= 15 is 0 Å². The van der Waals surface area contributed by atoms with E-state index in [4.69, 9.17) is 5.73 Å². The maximum Gasteiger partial charge on any atom is 0.256 e. The summed E-state index contributed by atoms with van der Waals surface area (Å²) in [5, 5.41) is 3.13. The van der Waals surface area contributed by atoms with E-state index in [0.29, 0.717) is 0 Å². The van der Waals surface area contributed by atoms with Crippen LogP contribution in [0.3, 0.4) is 0 Å². The molecule has 0 aromatic rings. The van der Waals surface area contributed by atoms with E-state index in [1.54, 1.807) is 0 Å². The molecule has 1 spiro atoms. The molecule has 2 rings (SSSR count). The minimum atomic E-state index is -1.80. The maximum absolute atomic E-state index is 13.8. The van der Waals surface area contributed by atoms with Gasteiger partial charge in [0.1, 0.15) is 0 Å². The van der Waals surface area contributed by atoms with E-state index in [2.05, 4.69) is 5.32 Å². The standard InChI is InChI=1S/C9H15FN2O/c10-9(7(11)13)5-8(12-6-9)3-1-2-4-8/h12H,1-6H2,(H2,11,13). The molecule has 74 valence electrons. The van der Waals surface area contributed by atoms with Crippen molar-refractivity contribution in [2.45, 2.75) is 43.3 Å². The summed E-state index contributed by atoms with van der Waals surface area (Å²) in [6.07, 6.45) is 4.48. The number of carbonyl (C=O) groups is 1. The predicted molar refractivity (Wildman–Crippen MR) is 46.9 cm³/mol. The molecule has 1 aliphatic heterocycles. The summed E-state index contributed by atoms with van der Waals surface area (Å²) in [7, 11) is 0. The lowest BCUT2D eigenvalue weighted by molar-refractivity contribution is -0.128. The molecule has 3 nitrogen and oxygen atoms in total. The quantitative estimate of drug-likeness (QED) is 0.626. The summed E-state index contributed by atoms with van der Waals surface area (Å²) in [6, 6.07) is 0. The van der Waals surface area contributed by atoms with Crippen LogP contribution in [-0.4, -0.2) is 23.7 Å². The van der Waals surface area contributed by atoms with Gasteiger partial charge in [0.2, 0.25) is 5.67 Å². The lowest BCUT2D eigenvalue weighted by Crippen LogP contribution is -2.41. The van der Waals surface area contributed by atoms with E-state index in [1.807, 2.05) is 0 Å². The number of alkyl halides is 1. The van der Waals surface area contributed by atoms with Crippen LogP contribution in [0.4, 0.5) is 4.39 Å². The van der Waals surface area contributed by atoms with Crippen LogP contribution in [0.15, 0.2) is 0 Å².